The molecular weight excluding hydrogens is 288 g/mol. The molecule has 0 atom stereocenters. The fourth-order valence-corrected chi connectivity index (χ4v) is 4.11. The monoisotopic (exact) mass is 316 g/mol. The normalized spacial score (nSPS) is 19.3. The lowest BCUT2D eigenvalue weighted by Crippen LogP contribution is -2.43. The summed E-state index contributed by atoms with van der Waals surface area (Å²) in [4.78, 5) is 23.7. The number of carbonyl (C=O) groups is 1. The molecule has 1 aromatic heterocycles. The summed E-state index contributed by atoms with van der Waals surface area (Å²) in [7, 11) is 3.72. The van der Waals surface area contributed by atoms with Crippen LogP contribution >= 0.6 is 0 Å². The van der Waals surface area contributed by atoms with Gasteiger partial charge in [-0.05, 0) is 45.4 Å². The fourth-order valence-electron chi connectivity index (χ4n) is 4.11. The molecule has 0 spiro atoms. The van der Waals surface area contributed by atoms with Gasteiger partial charge < -0.3 is 10.2 Å². The number of aryl methyl sites for hydroxylation is 2. The Morgan fingerprint density at radius 1 is 1.13 bits per heavy atom. The summed E-state index contributed by atoms with van der Waals surface area (Å²) >= 11 is 0. The van der Waals surface area contributed by atoms with Crippen molar-refractivity contribution in [1.29, 1.82) is 0 Å². The van der Waals surface area contributed by atoms with Crippen LogP contribution in [0.25, 0.3) is 0 Å². The van der Waals surface area contributed by atoms with E-state index < -0.39 is 0 Å². The number of fused-ring (bicyclic) bond motifs is 1. The summed E-state index contributed by atoms with van der Waals surface area (Å²) in [5.41, 5.74) is 2.21. The molecule has 1 fully saturated rings. The van der Waals surface area contributed by atoms with E-state index in [1.165, 1.54) is 24.1 Å². The van der Waals surface area contributed by atoms with Gasteiger partial charge in [0.25, 0.3) is 0 Å². The maximum atomic E-state index is 12.7. The van der Waals surface area contributed by atoms with Gasteiger partial charge in [-0.15, -0.1) is 0 Å². The molecule has 1 N–H and O–H groups in total. The van der Waals surface area contributed by atoms with Crippen LogP contribution in [-0.4, -0.2) is 41.4 Å². The maximum absolute atomic E-state index is 12.7. The summed E-state index contributed by atoms with van der Waals surface area (Å²) in [5.74, 6) is 2.04. The second kappa shape index (κ2) is 6.46. The lowest BCUT2D eigenvalue weighted by Gasteiger charge is -2.31. The molecular formula is C18H28N4O. The molecule has 126 valence electrons. The Bertz CT molecular complexity index is 591. The van der Waals surface area contributed by atoms with E-state index in [-0.39, 0.29) is 11.3 Å². The van der Waals surface area contributed by atoms with Crippen molar-refractivity contribution in [2.45, 2.75) is 58.3 Å². The van der Waals surface area contributed by atoms with E-state index in [1.54, 1.807) is 4.90 Å². The van der Waals surface area contributed by atoms with Crippen molar-refractivity contribution in [3.8, 4) is 0 Å². The van der Waals surface area contributed by atoms with Gasteiger partial charge in [0.1, 0.15) is 11.6 Å². The smallest absolute Gasteiger partial charge is 0.230 e. The van der Waals surface area contributed by atoms with Crippen molar-refractivity contribution < 1.29 is 4.79 Å². The standard InChI is InChI=1S/C18H28N4O/c1-13-20-15-9-5-4-8-14(15)16(21-13)19-12-18(10-6-7-11-18)17(23)22(2)3/h4-12H2,1-3H3,(H,19,20,21). The van der Waals surface area contributed by atoms with E-state index in [4.69, 9.17) is 0 Å². The van der Waals surface area contributed by atoms with E-state index >= 15 is 0 Å². The van der Waals surface area contributed by atoms with Gasteiger partial charge in [0.15, 0.2) is 0 Å². The molecule has 0 aliphatic heterocycles. The first-order valence-corrected chi connectivity index (χ1v) is 8.84. The Labute approximate surface area is 138 Å². The molecule has 1 saturated carbocycles. The summed E-state index contributed by atoms with van der Waals surface area (Å²) in [5, 5.41) is 3.53. The minimum absolute atomic E-state index is 0.252. The molecule has 5 heteroatoms. The largest absolute Gasteiger partial charge is 0.369 e. The topological polar surface area (TPSA) is 58.1 Å². The highest BCUT2D eigenvalue weighted by Gasteiger charge is 2.42. The van der Waals surface area contributed by atoms with E-state index in [9.17, 15) is 4.79 Å². The van der Waals surface area contributed by atoms with Gasteiger partial charge in [-0.3, -0.25) is 4.79 Å². The number of amides is 1. The quantitative estimate of drug-likeness (QED) is 0.928. The predicted octanol–water partition coefficient (Wildman–Crippen LogP) is 2.72. The van der Waals surface area contributed by atoms with Crippen LogP contribution in [0.5, 0.6) is 0 Å². The van der Waals surface area contributed by atoms with E-state index in [0.29, 0.717) is 6.54 Å². The highest BCUT2D eigenvalue weighted by molar-refractivity contribution is 5.83. The third-order valence-electron chi connectivity index (χ3n) is 5.31. The van der Waals surface area contributed by atoms with Crippen LogP contribution in [0.3, 0.4) is 0 Å². The van der Waals surface area contributed by atoms with Crippen LogP contribution in [0.4, 0.5) is 5.82 Å². The molecule has 1 heterocycles. The fraction of sp³-hybridized carbons (Fsp3) is 0.722. The number of anilines is 1. The Balaban J connectivity index is 1.82. The van der Waals surface area contributed by atoms with Crippen molar-refractivity contribution in [3.63, 3.8) is 0 Å². The van der Waals surface area contributed by atoms with Gasteiger partial charge >= 0.3 is 0 Å². The number of hydrogen-bond donors (Lipinski definition) is 1. The van der Waals surface area contributed by atoms with Gasteiger partial charge in [0, 0.05) is 31.9 Å². The lowest BCUT2D eigenvalue weighted by molar-refractivity contribution is -0.138. The average molecular weight is 316 g/mol. The molecule has 1 amide bonds. The van der Waals surface area contributed by atoms with Gasteiger partial charge in [-0.1, -0.05) is 12.8 Å². The van der Waals surface area contributed by atoms with Crippen LogP contribution in [0, 0.1) is 12.3 Å². The van der Waals surface area contributed by atoms with Crippen molar-refractivity contribution in [2.24, 2.45) is 5.41 Å². The molecule has 23 heavy (non-hydrogen) atoms. The van der Waals surface area contributed by atoms with Gasteiger partial charge in [0.2, 0.25) is 5.91 Å². The van der Waals surface area contributed by atoms with Gasteiger partial charge in [-0.2, -0.15) is 0 Å². The Kier molecular flexibility index (Phi) is 4.55. The Morgan fingerprint density at radius 2 is 1.83 bits per heavy atom. The Hall–Kier alpha value is -1.65. The first-order chi connectivity index (χ1) is 11.0. The number of hydrogen-bond acceptors (Lipinski definition) is 4. The zero-order valence-corrected chi connectivity index (χ0v) is 14.6. The first kappa shape index (κ1) is 16.2. The highest BCUT2D eigenvalue weighted by atomic mass is 16.2. The molecule has 0 bridgehead atoms. The van der Waals surface area contributed by atoms with Crippen molar-refractivity contribution in [1.82, 2.24) is 14.9 Å². The zero-order chi connectivity index (χ0) is 16.4. The summed E-state index contributed by atoms with van der Waals surface area (Å²) in [6.07, 6.45) is 8.75. The molecule has 0 unspecified atom stereocenters. The number of nitrogens with zero attached hydrogens (tertiary/aromatic N) is 3. The lowest BCUT2D eigenvalue weighted by atomic mass is 9.84. The minimum atomic E-state index is -0.260. The van der Waals surface area contributed by atoms with Gasteiger partial charge in [-0.25, -0.2) is 9.97 Å². The predicted molar refractivity (Wildman–Crippen MR) is 91.5 cm³/mol. The third-order valence-corrected chi connectivity index (χ3v) is 5.31. The van der Waals surface area contributed by atoms with Crippen LogP contribution in [0.15, 0.2) is 0 Å². The summed E-state index contributed by atoms with van der Waals surface area (Å²) in [6, 6.07) is 0. The molecule has 2 aliphatic rings. The SMILES string of the molecule is Cc1nc2c(c(NCC3(C(=O)N(C)C)CCCC3)n1)CCCC2. The van der Waals surface area contributed by atoms with Crippen molar-refractivity contribution in [2.75, 3.05) is 26.0 Å². The zero-order valence-electron chi connectivity index (χ0n) is 14.6. The highest BCUT2D eigenvalue weighted by Crippen LogP contribution is 2.40. The molecule has 1 aromatic rings. The summed E-state index contributed by atoms with van der Waals surface area (Å²) in [6.45, 7) is 2.64. The molecule has 0 radical (unpaired) electrons. The Morgan fingerprint density at radius 3 is 2.52 bits per heavy atom. The van der Waals surface area contributed by atoms with Crippen LogP contribution < -0.4 is 5.32 Å². The molecule has 0 aromatic carbocycles. The van der Waals surface area contributed by atoms with E-state index in [2.05, 4.69) is 15.3 Å². The second-order valence-electron chi connectivity index (χ2n) is 7.29. The third kappa shape index (κ3) is 3.19. The number of carbonyl (C=O) groups excluding carboxylic acids is 1. The van der Waals surface area contributed by atoms with Crippen LogP contribution in [0.2, 0.25) is 0 Å². The van der Waals surface area contributed by atoms with Crippen molar-refractivity contribution >= 4 is 11.7 Å². The van der Waals surface area contributed by atoms with Crippen molar-refractivity contribution in [3.05, 3.63) is 17.1 Å². The average Bonchev–Trinajstić information content (AvgIpc) is 3.01. The van der Waals surface area contributed by atoms with Crippen LogP contribution in [-0.2, 0) is 17.6 Å². The maximum Gasteiger partial charge on any atom is 0.230 e. The van der Waals surface area contributed by atoms with E-state index in [0.717, 1.165) is 50.2 Å². The van der Waals surface area contributed by atoms with Crippen LogP contribution in [0.1, 0.15) is 55.6 Å². The van der Waals surface area contributed by atoms with E-state index in [1.807, 2.05) is 21.0 Å². The molecule has 3 rings (SSSR count). The second-order valence-corrected chi connectivity index (χ2v) is 7.29. The molecule has 2 aliphatic carbocycles. The molecule has 0 saturated heterocycles. The number of rotatable bonds is 4. The number of nitrogens with one attached hydrogen (secondary N) is 1. The minimum Gasteiger partial charge on any atom is -0.369 e. The van der Waals surface area contributed by atoms with Gasteiger partial charge in [0.05, 0.1) is 5.41 Å². The summed E-state index contributed by atoms with van der Waals surface area (Å²) < 4.78 is 0. The first-order valence-electron chi connectivity index (χ1n) is 8.84. The molecule has 5 nitrogen and oxygen atoms in total. The number of aromatic nitrogens is 2.